The molecular weight excluding hydrogens is 431 g/mol. The van der Waals surface area contributed by atoms with Gasteiger partial charge in [-0.1, -0.05) is 0 Å². The van der Waals surface area contributed by atoms with Crippen LogP contribution in [0, 0.1) is 5.82 Å². The minimum atomic E-state index is -2.66. The van der Waals surface area contributed by atoms with Crippen molar-refractivity contribution in [3.63, 3.8) is 0 Å². The molecule has 0 aliphatic carbocycles. The van der Waals surface area contributed by atoms with Crippen LogP contribution < -0.4 is 0 Å². The van der Waals surface area contributed by atoms with Crippen LogP contribution in [0.25, 0.3) is 44.7 Å². The first-order valence-electron chi connectivity index (χ1n) is 10.5. The van der Waals surface area contributed by atoms with Gasteiger partial charge in [-0.3, -0.25) is 15.0 Å². The number of aromatic amines is 2. The van der Waals surface area contributed by atoms with E-state index in [0.29, 0.717) is 52.3 Å². The summed E-state index contributed by atoms with van der Waals surface area (Å²) in [7, 11) is 0. The van der Waals surface area contributed by atoms with Gasteiger partial charge in [-0.2, -0.15) is 5.10 Å². The number of nitrogens with one attached hydrogen (secondary N) is 2. The van der Waals surface area contributed by atoms with Gasteiger partial charge in [0.1, 0.15) is 11.5 Å². The van der Waals surface area contributed by atoms with Gasteiger partial charge in [0.2, 0.25) is 0 Å². The molecule has 1 aliphatic rings. The van der Waals surface area contributed by atoms with Crippen LogP contribution in [-0.2, 0) is 6.54 Å². The summed E-state index contributed by atoms with van der Waals surface area (Å²) in [4.78, 5) is 17.8. The Labute approximate surface area is 185 Å². The Bertz CT molecular complexity index is 1460. The molecule has 166 valence electrons. The first-order chi connectivity index (χ1) is 15.9. The Kier molecular flexibility index (Phi) is 4.44. The van der Waals surface area contributed by atoms with Crippen LogP contribution in [0.4, 0.5) is 13.2 Å². The zero-order valence-corrected chi connectivity index (χ0v) is 17.3. The summed E-state index contributed by atoms with van der Waals surface area (Å²) in [6, 6.07) is 8.55. The average Bonchev–Trinajstić information content (AvgIpc) is 3.49. The summed E-state index contributed by atoms with van der Waals surface area (Å²) in [5.41, 5.74) is 4.08. The quantitative estimate of drug-likeness (QED) is 0.421. The molecule has 5 aromatic rings. The molecule has 2 N–H and O–H groups in total. The van der Waals surface area contributed by atoms with Crippen LogP contribution >= 0.6 is 0 Å². The highest BCUT2D eigenvalue weighted by molar-refractivity contribution is 5.95. The third-order valence-electron chi connectivity index (χ3n) is 5.89. The fourth-order valence-corrected chi connectivity index (χ4v) is 4.32. The molecule has 5 heterocycles. The number of hydrogen-bond acceptors (Lipinski definition) is 5. The molecular formula is C23H18F3N7. The maximum atomic E-state index is 15.0. The molecule has 0 unspecified atom stereocenters. The predicted octanol–water partition coefficient (Wildman–Crippen LogP) is 4.54. The Morgan fingerprint density at radius 3 is 2.85 bits per heavy atom. The van der Waals surface area contributed by atoms with Crippen LogP contribution in [0.15, 0.2) is 48.9 Å². The number of likely N-dealkylation sites (tertiary alicyclic amines) is 1. The van der Waals surface area contributed by atoms with Gasteiger partial charge in [-0.25, -0.2) is 23.1 Å². The van der Waals surface area contributed by atoms with Crippen LogP contribution in [0.2, 0.25) is 0 Å². The molecule has 6 rings (SSSR count). The van der Waals surface area contributed by atoms with Gasteiger partial charge in [0.25, 0.3) is 5.92 Å². The van der Waals surface area contributed by atoms with E-state index >= 15 is 4.39 Å². The van der Waals surface area contributed by atoms with Crippen molar-refractivity contribution in [1.29, 1.82) is 0 Å². The van der Waals surface area contributed by atoms with E-state index < -0.39 is 11.7 Å². The zero-order valence-electron chi connectivity index (χ0n) is 17.3. The third kappa shape index (κ3) is 3.62. The van der Waals surface area contributed by atoms with Crippen molar-refractivity contribution in [3.05, 3.63) is 60.3 Å². The summed E-state index contributed by atoms with van der Waals surface area (Å²) in [6.45, 7) is 0.383. The number of pyridine rings is 2. The molecule has 10 heteroatoms. The summed E-state index contributed by atoms with van der Waals surface area (Å²) in [6.07, 6.45) is 4.70. The van der Waals surface area contributed by atoms with E-state index in [1.54, 1.807) is 35.6 Å². The second-order valence-corrected chi connectivity index (χ2v) is 8.31. The maximum Gasteiger partial charge on any atom is 0.261 e. The van der Waals surface area contributed by atoms with Crippen molar-refractivity contribution in [3.8, 4) is 22.6 Å². The number of alkyl halides is 2. The highest BCUT2D eigenvalue weighted by Crippen LogP contribution is 2.33. The number of halogens is 3. The number of nitrogens with zero attached hydrogens (tertiary/aromatic N) is 5. The van der Waals surface area contributed by atoms with Crippen LogP contribution in [0.5, 0.6) is 0 Å². The molecule has 0 amide bonds. The largest absolute Gasteiger partial charge is 0.335 e. The van der Waals surface area contributed by atoms with Gasteiger partial charge in [-0.05, 0) is 29.8 Å². The Balaban J connectivity index is 1.38. The van der Waals surface area contributed by atoms with Gasteiger partial charge in [-0.15, -0.1) is 0 Å². The maximum absolute atomic E-state index is 15.0. The molecule has 1 saturated heterocycles. The fourth-order valence-electron chi connectivity index (χ4n) is 4.32. The summed E-state index contributed by atoms with van der Waals surface area (Å²) in [5, 5.41) is 7.87. The monoisotopic (exact) mass is 449 g/mol. The highest BCUT2D eigenvalue weighted by atomic mass is 19.3. The lowest BCUT2D eigenvalue weighted by Crippen LogP contribution is -2.24. The number of imidazole rings is 1. The van der Waals surface area contributed by atoms with E-state index in [1.807, 2.05) is 12.1 Å². The van der Waals surface area contributed by atoms with Crippen molar-refractivity contribution < 1.29 is 13.2 Å². The number of H-pyrrole nitrogens is 2. The van der Waals surface area contributed by atoms with Crippen molar-refractivity contribution in [2.45, 2.75) is 18.9 Å². The molecule has 1 fully saturated rings. The van der Waals surface area contributed by atoms with E-state index in [0.717, 1.165) is 11.1 Å². The normalized spacial score (nSPS) is 16.2. The first-order valence-corrected chi connectivity index (χ1v) is 10.5. The van der Waals surface area contributed by atoms with Gasteiger partial charge < -0.3 is 4.98 Å². The Morgan fingerprint density at radius 2 is 2.03 bits per heavy atom. The standard InChI is InChI=1S/C23H18F3N7/c24-17-8-19-16(20(32-31-19)22-29-18-2-1-4-28-21(18)30-22)7-15(17)14-6-13(9-27-10-14)11-33-5-3-23(25,26)12-33/h1-2,4,6-10H,3,5,11-12H2,(H,31,32)(H,28,29,30). The smallest absolute Gasteiger partial charge is 0.261 e. The van der Waals surface area contributed by atoms with E-state index in [2.05, 4.69) is 30.1 Å². The molecule has 0 saturated carbocycles. The average molecular weight is 449 g/mol. The lowest BCUT2D eigenvalue weighted by atomic mass is 10.0. The van der Waals surface area contributed by atoms with Gasteiger partial charge >= 0.3 is 0 Å². The minimum Gasteiger partial charge on any atom is -0.335 e. The molecule has 0 radical (unpaired) electrons. The van der Waals surface area contributed by atoms with Gasteiger partial charge in [0.15, 0.2) is 11.5 Å². The molecule has 33 heavy (non-hydrogen) atoms. The summed E-state index contributed by atoms with van der Waals surface area (Å²) in [5.74, 6) is -2.57. The van der Waals surface area contributed by atoms with E-state index in [-0.39, 0.29) is 13.0 Å². The number of benzene rings is 1. The molecule has 7 nitrogen and oxygen atoms in total. The van der Waals surface area contributed by atoms with Crippen LogP contribution in [-0.4, -0.2) is 54.0 Å². The fraction of sp³-hybridized carbons (Fsp3) is 0.217. The third-order valence-corrected chi connectivity index (χ3v) is 5.89. The minimum absolute atomic E-state index is 0.147. The highest BCUT2D eigenvalue weighted by Gasteiger charge is 2.37. The van der Waals surface area contributed by atoms with E-state index in [4.69, 9.17) is 0 Å². The SMILES string of the molecule is Fc1cc2[nH]nc(-c3nc4ncccc4[nH]3)c2cc1-c1cncc(CN2CCC(F)(F)C2)c1. The second kappa shape index (κ2) is 7.38. The zero-order chi connectivity index (χ0) is 22.6. The van der Waals surface area contributed by atoms with Crippen molar-refractivity contribution in [1.82, 2.24) is 35.0 Å². The second-order valence-electron chi connectivity index (χ2n) is 8.31. The Morgan fingerprint density at radius 1 is 1.12 bits per heavy atom. The van der Waals surface area contributed by atoms with Crippen molar-refractivity contribution >= 4 is 22.1 Å². The van der Waals surface area contributed by atoms with Crippen molar-refractivity contribution in [2.24, 2.45) is 0 Å². The number of fused-ring (bicyclic) bond motifs is 2. The molecule has 4 aromatic heterocycles. The van der Waals surface area contributed by atoms with Crippen LogP contribution in [0.3, 0.4) is 0 Å². The molecule has 1 aromatic carbocycles. The molecule has 0 atom stereocenters. The van der Waals surface area contributed by atoms with Gasteiger partial charge in [0.05, 0.1) is 17.6 Å². The number of hydrogen-bond donors (Lipinski definition) is 2. The number of rotatable bonds is 4. The Hall–Kier alpha value is -3.79. The van der Waals surface area contributed by atoms with Gasteiger partial charge in [0, 0.05) is 60.7 Å². The van der Waals surface area contributed by atoms with Crippen LogP contribution in [0.1, 0.15) is 12.0 Å². The molecule has 1 aliphatic heterocycles. The molecule has 0 bridgehead atoms. The summed E-state index contributed by atoms with van der Waals surface area (Å²) < 4.78 is 42.1. The first kappa shape index (κ1) is 19.9. The van der Waals surface area contributed by atoms with Crippen molar-refractivity contribution in [2.75, 3.05) is 13.1 Å². The molecule has 0 spiro atoms. The number of aromatic nitrogens is 6. The van der Waals surface area contributed by atoms with E-state index in [9.17, 15) is 8.78 Å². The predicted molar refractivity (Wildman–Crippen MR) is 117 cm³/mol. The topological polar surface area (TPSA) is 86.4 Å². The summed E-state index contributed by atoms with van der Waals surface area (Å²) >= 11 is 0. The lowest BCUT2D eigenvalue weighted by molar-refractivity contribution is 0.0115. The van der Waals surface area contributed by atoms with E-state index in [1.165, 1.54) is 6.07 Å². The lowest BCUT2D eigenvalue weighted by Gasteiger charge is -2.16.